The number of carbonyl (C=O) groups is 1. The smallest absolute Gasteiger partial charge is 0.223 e. The van der Waals surface area contributed by atoms with Crippen LogP contribution in [0.2, 0.25) is 0 Å². The molecule has 0 saturated heterocycles. The zero-order valence-corrected chi connectivity index (χ0v) is 11.3. The van der Waals surface area contributed by atoms with Crippen LogP contribution in [0.15, 0.2) is 0 Å². The van der Waals surface area contributed by atoms with E-state index >= 15 is 0 Å². The molecule has 4 heteroatoms. The number of carbonyl (C=O) groups excluding carboxylic acids is 1. The molecule has 0 aromatic rings. The van der Waals surface area contributed by atoms with Crippen LogP contribution in [0.4, 0.5) is 0 Å². The molecule has 0 aromatic heterocycles. The fourth-order valence-corrected chi connectivity index (χ4v) is 1.33. The summed E-state index contributed by atoms with van der Waals surface area (Å²) in [5.41, 5.74) is 0. The van der Waals surface area contributed by atoms with Gasteiger partial charge in [0.2, 0.25) is 5.91 Å². The van der Waals surface area contributed by atoms with Crippen molar-refractivity contribution in [2.45, 2.75) is 26.2 Å². The van der Waals surface area contributed by atoms with E-state index in [0.29, 0.717) is 6.42 Å². The predicted molar refractivity (Wildman–Crippen MR) is 68.6 cm³/mol. The molecule has 0 unspecified atom stereocenters. The van der Waals surface area contributed by atoms with Crippen molar-refractivity contribution in [3.8, 4) is 0 Å². The summed E-state index contributed by atoms with van der Waals surface area (Å²) < 4.78 is 0. The Kier molecular flexibility index (Phi) is 9.24. The van der Waals surface area contributed by atoms with Crippen molar-refractivity contribution in [3.05, 3.63) is 0 Å². The minimum absolute atomic E-state index is 0.241. The monoisotopic (exact) mass is 229 g/mol. The van der Waals surface area contributed by atoms with Gasteiger partial charge in [-0.3, -0.25) is 4.79 Å². The van der Waals surface area contributed by atoms with E-state index in [0.717, 1.165) is 39.0 Å². The molecule has 0 rings (SSSR count). The summed E-state index contributed by atoms with van der Waals surface area (Å²) in [5, 5.41) is 3.27. The van der Waals surface area contributed by atoms with E-state index in [4.69, 9.17) is 0 Å². The minimum atomic E-state index is 0.241. The van der Waals surface area contributed by atoms with E-state index in [2.05, 4.69) is 17.1 Å². The fraction of sp³-hybridized carbons (Fsp3) is 0.917. The summed E-state index contributed by atoms with van der Waals surface area (Å²) in [5.74, 6) is 0.241. The fourth-order valence-electron chi connectivity index (χ4n) is 1.33. The van der Waals surface area contributed by atoms with Gasteiger partial charge in [0.1, 0.15) is 0 Å². The van der Waals surface area contributed by atoms with Crippen molar-refractivity contribution in [1.29, 1.82) is 0 Å². The van der Waals surface area contributed by atoms with Gasteiger partial charge in [-0.15, -0.1) is 0 Å². The van der Waals surface area contributed by atoms with Crippen LogP contribution in [0.1, 0.15) is 26.2 Å². The summed E-state index contributed by atoms with van der Waals surface area (Å²) in [6, 6.07) is 0. The van der Waals surface area contributed by atoms with Gasteiger partial charge in [-0.1, -0.05) is 13.3 Å². The van der Waals surface area contributed by atoms with Crippen molar-refractivity contribution in [2.75, 3.05) is 47.3 Å². The molecular formula is C12H27N3O. The van der Waals surface area contributed by atoms with Gasteiger partial charge in [0.15, 0.2) is 0 Å². The number of unbranched alkanes of at least 4 members (excludes halogenated alkanes) is 1. The van der Waals surface area contributed by atoms with E-state index in [1.807, 2.05) is 26.0 Å². The van der Waals surface area contributed by atoms with Crippen molar-refractivity contribution in [2.24, 2.45) is 0 Å². The maximum Gasteiger partial charge on any atom is 0.223 e. The molecule has 0 radical (unpaired) electrons. The van der Waals surface area contributed by atoms with E-state index in [9.17, 15) is 4.79 Å². The van der Waals surface area contributed by atoms with Crippen LogP contribution in [-0.4, -0.2) is 63.0 Å². The standard InChI is InChI=1S/C12H27N3O/c1-5-6-10-15(4)12(16)7-8-13-9-11-14(2)3/h13H,5-11H2,1-4H3. The second-order valence-corrected chi connectivity index (χ2v) is 4.47. The van der Waals surface area contributed by atoms with Gasteiger partial charge >= 0.3 is 0 Å². The van der Waals surface area contributed by atoms with Gasteiger partial charge in [-0.05, 0) is 20.5 Å². The molecular weight excluding hydrogens is 202 g/mol. The molecule has 1 amide bonds. The Bertz CT molecular complexity index is 183. The molecule has 0 aromatic carbocycles. The van der Waals surface area contributed by atoms with E-state index in [1.165, 1.54) is 0 Å². The lowest BCUT2D eigenvalue weighted by Gasteiger charge is -2.17. The Balaban J connectivity index is 3.42. The number of nitrogens with zero attached hydrogens (tertiary/aromatic N) is 2. The van der Waals surface area contributed by atoms with Crippen LogP contribution >= 0.6 is 0 Å². The van der Waals surface area contributed by atoms with E-state index < -0.39 is 0 Å². The first-order chi connectivity index (χ1) is 7.57. The SMILES string of the molecule is CCCCN(C)C(=O)CCNCCN(C)C. The van der Waals surface area contributed by atoms with Crippen molar-refractivity contribution < 1.29 is 4.79 Å². The molecule has 0 bridgehead atoms. The Morgan fingerprint density at radius 1 is 1.12 bits per heavy atom. The molecule has 0 aliphatic carbocycles. The number of hydrogen-bond acceptors (Lipinski definition) is 3. The summed E-state index contributed by atoms with van der Waals surface area (Å²) >= 11 is 0. The van der Waals surface area contributed by atoms with Crippen LogP contribution < -0.4 is 5.32 Å². The highest BCUT2D eigenvalue weighted by Crippen LogP contribution is 1.94. The third kappa shape index (κ3) is 8.68. The maximum atomic E-state index is 11.6. The minimum Gasteiger partial charge on any atom is -0.346 e. The van der Waals surface area contributed by atoms with Crippen molar-refractivity contribution in [1.82, 2.24) is 15.1 Å². The molecule has 0 atom stereocenters. The van der Waals surface area contributed by atoms with Crippen LogP contribution in [0.3, 0.4) is 0 Å². The highest BCUT2D eigenvalue weighted by atomic mass is 16.2. The molecule has 4 nitrogen and oxygen atoms in total. The molecule has 0 fully saturated rings. The summed E-state index contributed by atoms with van der Waals surface area (Å²) in [4.78, 5) is 15.6. The topological polar surface area (TPSA) is 35.6 Å². The number of nitrogens with one attached hydrogen (secondary N) is 1. The zero-order valence-electron chi connectivity index (χ0n) is 11.3. The Labute approximate surface area is 100.0 Å². The summed E-state index contributed by atoms with van der Waals surface area (Å²) in [7, 11) is 5.98. The third-order valence-corrected chi connectivity index (χ3v) is 2.52. The first kappa shape index (κ1) is 15.4. The Morgan fingerprint density at radius 3 is 2.38 bits per heavy atom. The molecule has 0 aliphatic rings. The Morgan fingerprint density at radius 2 is 1.81 bits per heavy atom. The van der Waals surface area contributed by atoms with Gasteiger partial charge in [0.05, 0.1) is 0 Å². The first-order valence-corrected chi connectivity index (χ1v) is 6.17. The van der Waals surface area contributed by atoms with Gasteiger partial charge < -0.3 is 15.1 Å². The number of amides is 1. The summed E-state index contributed by atoms with van der Waals surface area (Å²) in [6.07, 6.45) is 2.84. The van der Waals surface area contributed by atoms with E-state index in [-0.39, 0.29) is 5.91 Å². The number of rotatable bonds is 9. The second kappa shape index (κ2) is 9.60. The lowest BCUT2D eigenvalue weighted by molar-refractivity contribution is -0.129. The largest absolute Gasteiger partial charge is 0.346 e. The van der Waals surface area contributed by atoms with Crippen molar-refractivity contribution >= 4 is 5.91 Å². The normalized spacial score (nSPS) is 10.8. The lowest BCUT2D eigenvalue weighted by atomic mass is 10.3. The van der Waals surface area contributed by atoms with Gasteiger partial charge in [0.25, 0.3) is 0 Å². The van der Waals surface area contributed by atoms with Crippen LogP contribution in [0, 0.1) is 0 Å². The molecule has 96 valence electrons. The number of likely N-dealkylation sites (N-methyl/N-ethyl adjacent to an activating group) is 1. The molecule has 0 heterocycles. The lowest BCUT2D eigenvalue weighted by Crippen LogP contribution is -2.32. The van der Waals surface area contributed by atoms with Crippen LogP contribution in [0.25, 0.3) is 0 Å². The Hall–Kier alpha value is -0.610. The maximum absolute atomic E-state index is 11.6. The predicted octanol–water partition coefficient (Wildman–Crippen LogP) is 0.786. The van der Waals surface area contributed by atoms with Gasteiger partial charge in [-0.25, -0.2) is 0 Å². The molecule has 16 heavy (non-hydrogen) atoms. The quantitative estimate of drug-likeness (QED) is 0.594. The average Bonchev–Trinajstić information content (AvgIpc) is 2.24. The molecule has 0 spiro atoms. The highest BCUT2D eigenvalue weighted by Gasteiger charge is 2.06. The first-order valence-electron chi connectivity index (χ1n) is 6.17. The van der Waals surface area contributed by atoms with E-state index in [1.54, 1.807) is 0 Å². The summed E-state index contributed by atoms with van der Waals surface area (Å²) in [6.45, 7) is 5.76. The molecule has 0 aliphatic heterocycles. The second-order valence-electron chi connectivity index (χ2n) is 4.47. The van der Waals surface area contributed by atoms with Crippen LogP contribution in [-0.2, 0) is 4.79 Å². The molecule has 0 saturated carbocycles. The van der Waals surface area contributed by atoms with Crippen LogP contribution in [0.5, 0.6) is 0 Å². The average molecular weight is 229 g/mol. The highest BCUT2D eigenvalue weighted by molar-refractivity contribution is 5.75. The number of hydrogen-bond donors (Lipinski definition) is 1. The van der Waals surface area contributed by atoms with Gasteiger partial charge in [0, 0.05) is 39.6 Å². The van der Waals surface area contributed by atoms with Crippen molar-refractivity contribution in [3.63, 3.8) is 0 Å². The third-order valence-electron chi connectivity index (χ3n) is 2.52. The molecule has 1 N–H and O–H groups in total. The zero-order chi connectivity index (χ0) is 12.4. The van der Waals surface area contributed by atoms with Gasteiger partial charge in [-0.2, -0.15) is 0 Å².